The molecule has 2 rings (SSSR count). The van der Waals surface area contributed by atoms with Crippen molar-refractivity contribution in [3.8, 4) is 5.75 Å². The lowest BCUT2D eigenvalue weighted by atomic mass is 10.1. The Labute approximate surface area is 134 Å². The van der Waals surface area contributed by atoms with E-state index in [2.05, 4.69) is 10.5 Å². The third kappa shape index (κ3) is 4.23. The summed E-state index contributed by atoms with van der Waals surface area (Å²) in [6.07, 6.45) is -3.73. The molecule has 0 saturated heterocycles. The van der Waals surface area contributed by atoms with E-state index in [9.17, 15) is 23.1 Å². The number of halogens is 4. The van der Waals surface area contributed by atoms with Crippen molar-refractivity contribution in [2.75, 3.05) is 0 Å². The predicted octanol–water partition coefficient (Wildman–Crippen LogP) is 3.83. The number of phenolic OH excluding ortho intramolecular Hbond substituents is 1. The summed E-state index contributed by atoms with van der Waals surface area (Å²) in [5.74, 6) is -1.10. The van der Waals surface area contributed by atoms with Gasteiger partial charge in [-0.3, -0.25) is 4.79 Å². The summed E-state index contributed by atoms with van der Waals surface area (Å²) in [4.78, 5) is 11.7. The van der Waals surface area contributed by atoms with E-state index in [1.165, 1.54) is 0 Å². The Hall–Kier alpha value is -2.54. The minimum atomic E-state index is -4.62. The number of aromatic hydroxyl groups is 1. The molecule has 4 nitrogen and oxygen atoms in total. The Morgan fingerprint density at radius 3 is 2.48 bits per heavy atom. The van der Waals surface area contributed by atoms with E-state index < -0.39 is 28.4 Å². The largest absolute Gasteiger partial charge is 0.506 e. The summed E-state index contributed by atoms with van der Waals surface area (Å²) in [5.41, 5.74) is 1.18. The zero-order chi connectivity index (χ0) is 17.0. The number of benzene rings is 2. The maximum Gasteiger partial charge on any atom is 0.416 e. The molecule has 0 radical (unpaired) electrons. The quantitative estimate of drug-likeness (QED) is 0.658. The number of nitrogens with one attached hydrogen (secondary N) is 1. The lowest BCUT2D eigenvalue weighted by Crippen LogP contribution is -2.17. The number of nitrogens with zero attached hydrogens (tertiary/aromatic N) is 1. The van der Waals surface area contributed by atoms with Crippen molar-refractivity contribution in [3.63, 3.8) is 0 Å². The van der Waals surface area contributed by atoms with Gasteiger partial charge in [0.1, 0.15) is 5.75 Å². The molecule has 23 heavy (non-hydrogen) atoms. The zero-order valence-electron chi connectivity index (χ0n) is 11.4. The van der Waals surface area contributed by atoms with Crippen LogP contribution in [-0.2, 0) is 6.18 Å². The van der Waals surface area contributed by atoms with Crippen LogP contribution in [0.2, 0.25) is 5.02 Å². The molecule has 0 bridgehead atoms. The van der Waals surface area contributed by atoms with E-state index in [1.54, 1.807) is 30.3 Å². The molecule has 1 amide bonds. The van der Waals surface area contributed by atoms with E-state index in [-0.39, 0.29) is 5.56 Å². The fourth-order valence-electron chi connectivity index (χ4n) is 1.70. The first kappa shape index (κ1) is 16.8. The van der Waals surface area contributed by atoms with E-state index in [1.807, 2.05) is 0 Å². The van der Waals surface area contributed by atoms with Crippen LogP contribution in [0.4, 0.5) is 13.2 Å². The highest BCUT2D eigenvalue weighted by Gasteiger charge is 2.32. The maximum atomic E-state index is 12.7. The molecule has 0 spiro atoms. The summed E-state index contributed by atoms with van der Waals surface area (Å²) in [5, 5.41) is 12.7. The van der Waals surface area contributed by atoms with E-state index in [0.717, 1.165) is 6.21 Å². The molecular formula is C15H10ClF3N2O2. The molecular weight excluding hydrogens is 333 g/mol. The number of alkyl halides is 3. The third-order valence-corrected chi connectivity index (χ3v) is 3.11. The highest BCUT2D eigenvalue weighted by atomic mass is 35.5. The van der Waals surface area contributed by atoms with Crippen LogP contribution in [-0.4, -0.2) is 17.2 Å². The average molecular weight is 343 g/mol. The predicted molar refractivity (Wildman–Crippen MR) is 79.6 cm³/mol. The molecule has 0 aliphatic carbocycles. The Morgan fingerprint density at radius 2 is 1.87 bits per heavy atom. The summed E-state index contributed by atoms with van der Waals surface area (Å²) in [6.45, 7) is 0. The highest BCUT2D eigenvalue weighted by molar-refractivity contribution is 6.32. The molecule has 2 aromatic rings. The second-order valence-corrected chi connectivity index (χ2v) is 4.87. The molecule has 0 aliphatic rings. The van der Waals surface area contributed by atoms with Crippen LogP contribution >= 0.6 is 11.6 Å². The molecule has 0 aliphatic heterocycles. The van der Waals surface area contributed by atoms with Gasteiger partial charge in [-0.15, -0.1) is 0 Å². The number of hydrogen-bond donors (Lipinski definition) is 2. The highest BCUT2D eigenvalue weighted by Crippen LogP contribution is 2.36. The van der Waals surface area contributed by atoms with E-state index in [0.29, 0.717) is 17.7 Å². The molecule has 2 N–H and O–H groups in total. The van der Waals surface area contributed by atoms with Crippen molar-refractivity contribution < 1.29 is 23.1 Å². The Bertz CT molecular complexity index is 746. The molecule has 0 fully saturated rings. The average Bonchev–Trinajstić information content (AvgIpc) is 2.51. The van der Waals surface area contributed by atoms with Crippen molar-refractivity contribution in [2.45, 2.75) is 6.18 Å². The lowest BCUT2D eigenvalue weighted by molar-refractivity contribution is -0.137. The zero-order valence-corrected chi connectivity index (χ0v) is 12.2. The van der Waals surface area contributed by atoms with Crippen LogP contribution in [0.3, 0.4) is 0 Å². The van der Waals surface area contributed by atoms with E-state index in [4.69, 9.17) is 11.6 Å². The summed E-state index contributed by atoms with van der Waals surface area (Å²) < 4.78 is 38.1. The number of hydrogen-bond acceptors (Lipinski definition) is 3. The summed E-state index contributed by atoms with van der Waals surface area (Å²) in [7, 11) is 0. The number of phenols is 1. The molecule has 0 heterocycles. The fraction of sp³-hybridized carbons (Fsp3) is 0.0667. The van der Waals surface area contributed by atoms with Gasteiger partial charge in [-0.1, -0.05) is 29.8 Å². The second-order valence-electron chi connectivity index (χ2n) is 4.46. The second kappa shape index (κ2) is 6.70. The standard InChI is InChI=1S/C15H10ClF3N2O2/c16-12-7-11(15(17,18)19)6-10(13(12)22)8-20-21-14(23)9-4-2-1-3-5-9/h1-8,22H,(H,21,23). The van der Waals surface area contributed by atoms with Crippen LogP contribution in [0.25, 0.3) is 0 Å². The Morgan fingerprint density at radius 1 is 1.22 bits per heavy atom. The van der Waals surface area contributed by atoms with Crippen molar-refractivity contribution in [1.82, 2.24) is 5.43 Å². The van der Waals surface area contributed by atoms with Crippen molar-refractivity contribution in [1.29, 1.82) is 0 Å². The van der Waals surface area contributed by atoms with Crippen molar-refractivity contribution >= 4 is 23.7 Å². The molecule has 120 valence electrons. The smallest absolute Gasteiger partial charge is 0.416 e. The van der Waals surface area contributed by atoms with Gasteiger partial charge in [-0.2, -0.15) is 18.3 Å². The number of rotatable bonds is 3. The van der Waals surface area contributed by atoms with Gasteiger partial charge in [0, 0.05) is 11.1 Å². The third-order valence-electron chi connectivity index (χ3n) is 2.83. The van der Waals surface area contributed by atoms with Crippen LogP contribution in [0.5, 0.6) is 5.75 Å². The SMILES string of the molecule is O=C(NN=Cc1cc(C(F)(F)F)cc(Cl)c1O)c1ccccc1. The minimum absolute atomic E-state index is 0.266. The summed E-state index contributed by atoms with van der Waals surface area (Å²) >= 11 is 5.56. The molecule has 2 aromatic carbocycles. The number of carbonyl (C=O) groups excluding carboxylic acids is 1. The Balaban J connectivity index is 2.19. The number of hydrazone groups is 1. The fourth-order valence-corrected chi connectivity index (χ4v) is 1.92. The van der Waals surface area contributed by atoms with Crippen molar-refractivity contribution in [3.05, 3.63) is 64.2 Å². The maximum absolute atomic E-state index is 12.7. The van der Waals surface area contributed by atoms with Crippen LogP contribution in [0, 0.1) is 0 Å². The monoisotopic (exact) mass is 342 g/mol. The number of amides is 1. The first-order valence-electron chi connectivity index (χ1n) is 6.27. The lowest BCUT2D eigenvalue weighted by Gasteiger charge is -2.09. The van der Waals surface area contributed by atoms with Gasteiger partial charge < -0.3 is 5.11 Å². The molecule has 8 heteroatoms. The number of carbonyl (C=O) groups is 1. The van der Waals surface area contributed by atoms with Crippen LogP contribution < -0.4 is 5.43 Å². The first-order chi connectivity index (χ1) is 10.8. The molecule has 0 aromatic heterocycles. The summed E-state index contributed by atoms with van der Waals surface area (Å²) in [6, 6.07) is 9.40. The topological polar surface area (TPSA) is 61.7 Å². The molecule has 0 atom stereocenters. The minimum Gasteiger partial charge on any atom is -0.506 e. The van der Waals surface area contributed by atoms with Crippen molar-refractivity contribution in [2.24, 2.45) is 5.10 Å². The van der Waals surface area contributed by atoms with Gasteiger partial charge in [-0.25, -0.2) is 5.43 Å². The van der Waals surface area contributed by atoms with E-state index >= 15 is 0 Å². The van der Waals surface area contributed by atoms with Gasteiger partial charge in [0.25, 0.3) is 5.91 Å². The van der Waals surface area contributed by atoms with Crippen LogP contribution in [0.15, 0.2) is 47.6 Å². The molecule has 0 saturated carbocycles. The Kier molecular flexibility index (Phi) is 4.90. The van der Waals surface area contributed by atoms with Gasteiger partial charge in [0.15, 0.2) is 0 Å². The van der Waals surface area contributed by atoms with Gasteiger partial charge in [0.05, 0.1) is 16.8 Å². The van der Waals surface area contributed by atoms with Gasteiger partial charge in [0.2, 0.25) is 0 Å². The van der Waals surface area contributed by atoms with Gasteiger partial charge in [-0.05, 0) is 24.3 Å². The normalized spacial score (nSPS) is 11.7. The van der Waals surface area contributed by atoms with Gasteiger partial charge >= 0.3 is 6.18 Å². The molecule has 0 unspecified atom stereocenters. The first-order valence-corrected chi connectivity index (χ1v) is 6.65. The van der Waals surface area contributed by atoms with Crippen LogP contribution in [0.1, 0.15) is 21.5 Å².